The van der Waals surface area contributed by atoms with Crippen molar-refractivity contribution in [2.45, 2.75) is 13.2 Å². The van der Waals surface area contributed by atoms with E-state index in [2.05, 4.69) is 0 Å². The number of hydrogen-bond acceptors (Lipinski definition) is 7. The summed E-state index contributed by atoms with van der Waals surface area (Å²) in [5.74, 6) is 0. The molecule has 4 N–H and O–H groups in total. The molecule has 19 heavy (non-hydrogen) atoms. The van der Waals surface area contributed by atoms with Crippen LogP contribution in [0.4, 0.5) is 0 Å². The van der Waals surface area contributed by atoms with Gasteiger partial charge in [-0.3, -0.25) is 0 Å². The molecule has 0 aliphatic heterocycles. The van der Waals surface area contributed by atoms with Gasteiger partial charge in [-0.05, 0) is 6.92 Å². The van der Waals surface area contributed by atoms with Gasteiger partial charge in [-0.15, -0.1) is 0 Å². The number of nitrogens with two attached hydrogens (primary N) is 2. The molecule has 0 aliphatic carbocycles. The van der Waals surface area contributed by atoms with Crippen LogP contribution in [0.1, 0.15) is 6.92 Å². The minimum Gasteiger partial charge on any atom is -0.378 e. The van der Waals surface area contributed by atoms with Gasteiger partial charge >= 0.3 is 0 Å². The van der Waals surface area contributed by atoms with E-state index in [4.69, 9.17) is 35.2 Å². The van der Waals surface area contributed by atoms with Crippen LogP contribution in [0.15, 0.2) is 0 Å². The van der Waals surface area contributed by atoms with Crippen LogP contribution in [-0.2, 0) is 23.7 Å². The third-order valence-corrected chi connectivity index (χ3v) is 1.99. The fraction of sp³-hybridized carbons (Fsp3) is 1.00. The minimum absolute atomic E-state index is 0.245. The van der Waals surface area contributed by atoms with Crippen LogP contribution in [0, 0.1) is 0 Å². The van der Waals surface area contributed by atoms with Crippen molar-refractivity contribution in [2.75, 3.05) is 66.0 Å². The molecule has 7 nitrogen and oxygen atoms in total. The van der Waals surface area contributed by atoms with Crippen molar-refractivity contribution in [3.8, 4) is 0 Å². The number of ether oxygens (including phenoxy) is 5. The molecule has 0 aromatic heterocycles. The Balaban J connectivity index is 2.91. The van der Waals surface area contributed by atoms with Crippen LogP contribution in [0.25, 0.3) is 0 Å². The molecule has 0 radical (unpaired) electrons. The molecule has 7 heteroatoms. The van der Waals surface area contributed by atoms with E-state index in [9.17, 15) is 0 Å². The molecule has 0 spiro atoms. The lowest BCUT2D eigenvalue weighted by Crippen LogP contribution is -2.22. The lowest BCUT2D eigenvalue weighted by atomic mass is 10.6. The maximum atomic E-state index is 5.41. The molecule has 1 unspecified atom stereocenters. The van der Waals surface area contributed by atoms with Crippen molar-refractivity contribution >= 4 is 0 Å². The van der Waals surface area contributed by atoms with Gasteiger partial charge < -0.3 is 35.2 Å². The Morgan fingerprint density at radius 2 is 1.05 bits per heavy atom. The van der Waals surface area contributed by atoms with E-state index in [1.807, 2.05) is 0 Å². The average molecular weight is 280 g/mol. The third kappa shape index (κ3) is 17.7. The van der Waals surface area contributed by atoms with Crippen molar-refractivity contribution in [2.24, 2.45) is 11.5 Å². The molecule has 0 heterocycles. The van der Waals surface area contributed by atoms with Crippen molar-refractivity contribution in [1.82, 2.24) is 0 Å². The molecule has 0 bridgehead atoms. The summed E-state index contributed by atoms with van der Waals surface area (Å²) in [7, 11) is 0. The van der Waals surface area contributed by atoms with Crippen LogP contribution < -0.4 is 11.5 Å². The molecular weight excluding hydrogens is 252 g/mol. The van der Waals surface area contributed by atoms with Crippen LogP contribution >= 0.6 is 0 Å². The Labute approximate surface area is 115 Å². The fourth-order valence-electron chi connectivity index (χ4n) is 1.14. The van der Waals surface area contributed by atoms with Gasteiger partial charge in [-0.1, -0.05) is 0 Å². The van der Waals surface area contributed by atoms with Crippen LogP contribution in [-0.4, -0.2) is 72.2 Å². The second kappa shape index (κ2) is 15.8. The zero-order valence-corrected chi connectivity index (χ0v) is 11.8. The molecule has 0 amide bonds. The van der Waals surface area contributed by atoms with Gasteiger partial charge in [0.1, 0.15) is 6.23 Å². The largest absolute Gasteiger partial charge is 0.378 e. The first kappa shape index (κ1) is 18.7. The molecule has 0 aromatic rings. The predicted molar refractivity (Wildman–Crippen MR) is 71.9 cm³/mol. The Bertz CT molecular complexity index is 172. The van der Waals surface area contributed by atoms with Crippen molar-refractivity contribution in [3.05, 3.63) is 0 Å². The monoisotopic (exact) mass is 280 g/mol. The van der Waals surface area contributed by atoms with Crippen LogP contribution in [0.2, 0.25) is 0 Å². The molecule has 0 saturated carbocycles. The summed E-state index contributed by atoms with van der Waals surface area (Å²) in [4.78, 5) is 0. The van der Waals surface area contributed by atoms with Gasteiger partial charge in [0.2, 0.25) is 0 Å². The van der Waals surface area contributed by atoms with Gasteiger partial charge in [0.15, 0.2) is 0 Å². The maximum Gasteiger partial charge on any atom is 0.102 e. The lowest BCUT2D eigenvalue weighted by molar-refractivity contribution is -0.0187. The summed E-state index contributed by atoms with van der Waals surface area (Å²) < 4.78 is 26.1. The smallest absolute Gasteiger partial charge is 0.102 e. The summed E-state index contributed by atoms with van der Waals surface area (Å²) in [6.07, 6.45) is -0.245. The van der Waals surface area contributed by atoms with Gasteiger partial charge in [0, 0.05) is 6.54 Å². The second-order valence-corrected chi connectivity index (χ2v) is 3.81. The highest BCUT2D eigenvalue weighted by Crippen LogP contribution is 1.84. The quantitative estimate of drug-likeness (QED) is 0.303. The molecule has 0 aliphatic rings. The first-order valence-electron chi connectivity index (χ1n) is 6.65. The van der Waals surface area contributed by atoms with E-state index < -0.39 is 0 Å². The molecule has 116 valence electrons. The normalized spacial score (nSPS) is 12.8. The summed E-state index contributed by atoms with van der Waals surface area (Å²) >= 11 is 0. The number of rotatable bonds is 15. The highest BCUT2D eigenvalue weighted by Gasteiger charge is 1.94. The van der Waals surface area contributed by atoms with Crippen LogP contribution in [0.5, 0.6) is 0 Å². The van der Waals surface area contributed by atoms with Crippen molar-refractivity contribution in [1.29, 1.82) is 0 Å². The van der Waals surface area contributed by atoms with Crippen molar-refractivity contribution < 1.29 is 23.7 Å². The summed E-state index contributed by atoms with van der Waals surface area (Å²) in [6.45, 7) is 7.26. The first-order chi connectivity index (χ1) is 9.27. The molecule has 1 atom stereocenters. The topological polar surface area (TPSA) is 98.2 Å². The molecule has 0 rings (SSSR count). The molecule has 0 aromatic carbocycles. The third-order valence-electron chi connectivity index (χ3n) is 1.99. The highest BCUT2D eigenvalue weighted by atomic mass is 16.6. The summed E-state index contributed by atoms with van der Waals surface area (Å²) in [5.41, 5.74) is 10.7. The van der Waals surface area contributed by atoms with Gasteiger partial charge in [0.25, 0.3) is 0 Å². The standard InChI is InChI=1S/C12H28N2O5/c1-12(14)19-11-10-18-9-8-17-7-6-16-5-4-15-3-2-13/h12H,2-11,13-14H2,1H3. The Hall–Kier alpha value is -0.280. The first-order valence-corrected chi connectivity index (χ1v) is 6.65. The van der Waals surface area contributed by atoms with Crippen LogP contribution in [0.3, 0.4) is 0 Å². The van der Waals surface area contributed by atoms with E-state index in [1.165, 1.54) is 0 Å². The average Bonchev–Trinajstić information content (AvgIpc) is 2.39. The number of hydrogen-bond donors (Lipinski definition) is 2. The van der Waals surface area contributed by atoms with E-state index in [0.29, 0.717) is 66.0 Å². The minimum atomic E-state index is -0.245. The Morgan fingerprint density at radius 3 is 1.42 bits per heavy atom. The summed E-state index contributed by atoms with van der Waals surface area (Å²) in [6, 6.07) is 0. The zero-order chi connectivity index (χ0) is 14.2. The second-order valence-electron chi connectivity index (χ2n) is 3.81. The summed E-state index contributed by atoms with van der Waals surface area (Å²) in [5, 5.41) is 0. The van der Waals surface area contributed by atoms with E-state index in [-0.39, 0.29) is 6.23 Å². The lowest BCUT2D eigenvalue weighted by Gasteiger charge is -2.08. The zero-order valence-electron chi connectivity index (χ0n) is 11.8. The maximum absolute atomic E-state index is 5.41. The van der Waals surface area contributed by atoms with E-state index in [1.54, 1.807) is 6.92 Å². The SMILES string of the molecule is CC(N)OCCOCCOCCOCCOCCN. The predicted octanol–water partition coefficient (Wildman–Crippen LogP) is -0.667. The highest BCUT2D eigenvalue weighted by molar-refractivity contribution is 4.37. The van der Waals surface area contributed by atoms with Gasteiger partial charge in [0.05, 0.1) is 59.5 Å². The van der Waals surface area contributed by atoms with E-state index >= 15 is 0 Å². The molecular formula is C12H28N2O5. The molecule has 0 fully saturated rings. The van der Waals surface area contributed by atoms with Crippen molar-refractivity contribution in [3.63, 3.8) is 0 Å². The molecule has 0 saturated heterocycles. The Morgan fingerprint density at radius 1 is 0.684 bits per heavy atom. The van der Waals surface area contributed by atoms with E-state index in [0.717, 1.165) is 0 Å². The van der Waals surface area contributed by atoms with Gasteiger partial charge in [-0.25, -0.2) is 0 Å². The fourth-order valence-corrected chi connectivity index (χ4v) is 1.14. The van der Waals surface area contributed by atoms with Gasteiger partial charge in [-0.2, -0.15) is 0 Å². The Kier molecular flexibility index (Phi) is 15.5.